The first-order valence-corrected chi connectivity index (χ1v) is 4.97. The zero-order valence-electron chi connectivity index (χ0n) is 7.00. The summed E-state index contributed by atoms with van der Waals surface area (Å²) in [6.45, 7) is 0. The van der Waals surface area contributed by atoms with E-state index in [0.717, 1.165) is 10.2 Å². The molecule has 0 radical (unpaired) electrons. The molecule has 68 valence electrons. The van der Waals surface area contributed by atoms with Gasteiger partial charge in [-0.25, -0.2) is 0 Å². The minimum Gasteiger partial charge on any atom is -0.490 e. The second-order valence-corrected chi connectivity index (χ2v) is 4.06. The second kappa shape index (κ2) is 3.50. The average Bonchev–Trinajstić information content (AvgIpc) is 2.06. The molecule has 0 N–H and O–H groups in total. The van der Waals surface area contributed by atoms with Crippen LogP contribution in [0.2, 0.25) is 0 Å². The van der Waals surface area contributed by atoms with E-state index in [4.69, 9.17) is 4.74 Å². The van der Waals surface area contributed by atoms with Crippen LogP contribution in [0, 0.1) is 0 Å². The van der Waals surface area contributed by atoms with Crippen LogP contribution in [0.25, 0.3) is 0 Å². The highest BCUT2D eigenvalue weighted by Gasteiger charge is 2.28. The highest BCUT2D eigenvalue weighted by molar-refractivity contribution is 9.10. The summed E-state index contributed by atoms with van der Waals surface area (Å²) >= 11 is 3.34. The van der Waals surface area contributed by atoms with Gasteiger partial charge in [0.2, 0.25) is 0 Å². The van der Waals surface area contributed by atoms with Gasteiger partial charge in [0, 0.05) is 17.3 Å². The fourth-order valence-corrected chi connectivity index (χ4v) is 1.50. The highest BCUT2D eigenvalue weighted by atomic mass is 79.9. The molecule has 0 amide bonds. The first-order chi connectivity index (χ1) is 6.24. The lowest BCUT2D eigenvalue weighted by Gasteiger charge is -2.25. The fraction of sp³-hybridized carbons (Fsp3) is 0.300. The molecule has 3 heteroatoms. The van der Waals surface area contributed by atoms with Gasteiger partial charge < -0.3 is 4.74 Å². The number of carbonyl (C=O) groups excluding carboxylic acids is 1. The summed E-state index contributed by atoms with van der Waals surface area (Å²) in [4.78, 5) is 10.7. The SMILES string of the molecule is O=C1CC(Oc2ccc(Br)cc2)C1. The van der Waals surface area contributed by atoms with Crippen LogP contribution in [0.4, 0.5) is 0 Å². The molecule has 1 aromatic carbocycles. The van der Waals surface area contributed by atoms with E-state index in [2.05, 4.69) is 15.9 Å². The maximum absolute atomic E-state index is 10.7. The summed E-state index contributed by atoms with van der Waals surface area (Å²) in [5.41, 5.74) is 0. The van der Waals surface area contributed by atoms with Gasteiger partial charge in [-0.05, 0) is 24.3 Å². The van der Waals surface area contributed by atoms with E-state index in [-0.39, 0.29) is 6.10 Å². The topological polar surface area (TPSA) is 26.3 Å². The highest BCUT2D eigenvalue weighted by Crippen LogP contribution is 2.23. The van der Waals surface area contributed by atoms with E-state index in [1.54, 1.807) is 0 Å². The summed E-state index contributed by atoms with van der Waals surface area (Å²) in [5, 5.41) is 0. The minimum atomic E-state index is 0.105. The van der Waals surface area contributed by atoms with E-state index in [9.17, 15) is 4.79 Å². The monoisotopic (exact) mass is 240 g/mol. The number of hydrogen-bond donors (Lipinski definition) is 0. The van der Waals surface area contributed by atoms with Gasteiger partial charge in [-0.2, -0.15) is 0 Å². The Balaban J connectivity index is 1.95. The first kappa shape index (κ1) is 8.75. The maximum atomic E-state index is 10.7. The van der Waals surface area contributed by atoms with Gasteiger partial charge in [-0.1, -0.05) is 15.9 Å². The quantitative estimate of drug-likeness (QED) is 0.795. The van der Waals surface area contributed by atoms with Crippen LogP contribution < -0.4 is 4.74 Å². The molecular formula is C10H9BrO2. The van der Waals surface area contributed by atoms with Crippen molar-refractivity contribution >= 4 is 21.7 Å². The van der Waals surface area contributed by atoms with Crippen LogP contribution in [-0.2, 0) is 4.79 Å². The van der Waals surface area contributed by atoms with Gasteiger partial charge >= 0.3 is 0 Å². The van der Waals surface area contributed by atoms with Crippen molar-refractivity contribution in [2.75, 3.05) is 0 Å². The maximum Gasteiger partial charge on any atom is 0.140 e. The van der Waals surface area contributed by atoms with Crippen molar-refractivity contribution in [1.82, 2.24) is 0 Å². The van der Waals surface area contributed by atoms with E-state index < -0.39 is 0 Å². The van der Waals surface area contributed by atoms with Crippen molar-refractivity contribution in [1.29, 1.82) is 0 Å². The number of rotatable bonds is 2. The fourth-order valence-electron chi connectivity index (χ4n) is 1.24. The molecule has 0 bridgehead atoms. The Kier molecular flexibility index (Phi) is 2.36. The molecule has 0 unspecified atom stereocenters. The lowest BCUT2D eigenvalue weighted by atomic mass is 9.94. The summed E-state index contributed by atoms with van der Waals surface area (Å²) in [6, 6.07) is 7.64. The number of Topliss-reactive ketones (excluding diaryl/α,β-unsaturated/α-hetero) is 1. The number of benzene rings is 1. The molecule has 1 aliphatic carbocycles. The van der Waals surface area contributed by atoms with Crippen molar-refractivity contribution in [3.63, 3.8) is 0 Å². The lowest BCUT2D eigenvalue weighted by Crippen LogP contribution is -2.33. The third kappa shape index (κ3) is 2.10. The third-order valence-corrected chi connectivity index (χ3v) is 2.56. The normalized spacial score (nSPS) is 16.8. The van der Waals surface area contributed by atoms with E-state index >= 15 is 0 Å². The summed E-state index contributed by atoms with van der Waals surface area (Å²) in [6.07, 6.45) is 1.24. The van der Waals surface area contributed by atoms with E-state index in [1.807, 2.05) is 24.3 Å². The lowest BCUT2D eigenvalue weighted by molar-refractivity contribution is -0.129. The molecule has 13 heavy (non-hydrogen) atoms. The Bertz CT molecular complexity index is 310. The van der Waals surface area contributed by atoms with Crippen molar-refractivity contribution in [2.45, 2.75) is 18.9 Å². The zero-order valence-corrected chi connectivity index (χ0v) is 8.58. The molecule has 2 nitrogen and oxygen atoms in total. The molecule has 0 saturated heterocycles. The van der Waals surface area contributed by atoms with Crippen molar-refractivity contribution in [2.24, 2.45) is 0 Å². The van der Waals surface area contributed by atoms with Gasteiger partial charge in [0.1, 0.15) is 17.6 Å². The van der Waals surface area contributed by atoms with Crippen molar-refractivity contribution < 1.29 is 9.53 Å². The van der Waals surface area contributed by atoms with Crippen LogP contribution in [0.3, 0.4) is 0 Å². The van der Waals surface area contributed by atoms with Crippen LogP contribution in [0.1, 0.15) is 12.8 Å². The average molecular weight is 241 g/mol. The first-order valence-electron chi connectivity index (χ1n) is 4.18. The molecule has 0 heterocycles. The van der Waals surface area contributed by atoms with Gasteiger partial charge in [-0.3, -0.25) is 4.79 Å². The Morgan fingerprint density at radius 3 is 2.38 bits per heavy atom. The van der Waals surface area contributed by atoms with Gasteiger partial charge in [0.15, 0.2) is 0 Å². The van der Waals surface area contributed by atoms with E-state index in [1.165, 1.54) is 0 Å². The van der Waals surface area contributed by atoms with Gasteiger partial charge in [0.25, 0.3) is 0 Å². The minimum absolute atomic E-state index is 0.105. The Labute approximate surface area is 85.0 Å². The molecule has 0 spiro atoms. The molecule has 1 aliphatic rings. The van der Waals surface area contributed by atoms with Crippen LogP contribution in [0.15, 0.2) is 28.7 Å². The van der Waals surface area contributed by atoms with Crippen LogP contribution in [0.5, 0.6) is 5.75 Å². The molecule has 0 aliphatic heterocycles. The second-order valence-electron chi connectivity index (χ2n) is 3.14. The van der Waals surface area contributed by atoms with Gasteiger partial charge in [-0.15, -0.1) is 0 Å². The molecule has 1 aromatic rings. The summed E-state index contributed by atoms with van der Waals surface area (Å²) < 4.78 is 6.57. The predicted octanol–water partition coefficient (Wildman–Crippen LogP) is 2.56. The number of hydrogen-bond acceptors (Lipinski definition) is 2. The summed E-state index contributed by atoms with van der Waals surface area (Å²) in [7, 11) is 0. The molecule has 1 fully saturated rings. The Morgan fingerprint density at radius 2 is 1.85 bits per heavy atom. The largest absolute Gasteiger partial charge is 0.490 e. The van der Waals surface area contributed by atoms with Crippen LogP contribution >= 0.6 is 15.9 Å². The molecule has 1 saturated carbocycles. The van der Waals surface area contributed by atoms with Crippen molar-refractivity contribution in [3.05, 3.63) is 28.7 Å². The standard InChI is InChI=1S/C10H9BrO2/c11-7-1-3-9(4-2-7)13-10-5-8(12)6-10/h1-4,10H,5-6H2. The summed E-state index contributed by atoms with van der Waals surface area (Å²) in [5.74, 6) is 1.13. The Morgan fingerprint density at radius 1 is 1.23 bits per heavy atom. The van der Waals surface area contributed by atoms with Crippen LogP contribution in [-0.4, -0.2) is 11.9 Å². The number of halogens is 1. The number of ketones is 1. The van der Waals surface area contributed by atoms with E-state index in [0.29, 0.717) is 18.6 Å². The van der Waals surface area contributed by atoms with Crippen molar-refractivity contribution in [3.8, 4) is 5.75 Å². The zero-order chi connectivity index (χ0) is 9.26. The van der Waals surface area contributed by atoms with Gasteiger partial charge in [0.05, 0.1) is 0 Å². The molecule has 2 rings (SSSR count). The molecule has 0 aromatic heterocycles. The molecule has 0 atom stereocenters. The number of ether oxygens (including phenoxy) is 1. The third-order valence-electron chi connectivity index (χ3n) is 2.03. The molecular weight excluding hydrogens is 232 g/mol. The Hall–Kier alpha value is -0.830. The smallest absolute Gasteiger partial charge is 0.140 e. The number of carbonyl (C=O) groups is 1. The predicted molar refractivity (Wildman–Crippen MR) is 52.8 cm³/mol.